The van der Waals surface area contributed by atoms with E-state index in [4.69, 9.17) is 0 Å². The van der Waals surface area contributed by atoms with Crippen molar-refractivity contribution in [1.82, 2.24) is 14.5 Å². The maximum absolute atomic E-state index is 10.3. The summed E-state index contributed by atoms with van der Waals surface area (Å²) in [6, 6.07) is 5.75. The summed E-state index contributed by atoms with van der Waals surface area (Å²) in [6.07, 6.45) is 3.36. The number of rotatable bonds is 4. The number of aromatic hydroxyl groups is 1. The molecule has 1 aliphatic rings. The van der Waals surface area contributed by atoms with Crippen molar-refractivity contribution in [3.8, 4) is 5.88 Å². The monoisotopic (exact) mass is 352 g/mol. The zero-order valence-electron chi connectivity index (χ0n) is 13.8. The maximum Gasteiger partial charge on any atom is 0.220 e. The molecule has 0 atom stereocenters. The summed E-state index contributed by atoms with van der Waals surface area (Å²) < 4.78 is 1.62. The van der Waals surface area contributed by atoms with Gasteiger partial charge in [-0.2, -0.15) is 0 Å². The van der Waals surface area contributed by atoms with Gasteiger partial charge in [-0.05, 0) is 30.4 Å². The Morgan fingerprint density at radius 3 is 3.00 bits per heavy atom. The van der Waals surface area contributed by atoms with Crippen molar-refractivity contribution in [2.24, 2.45) is 17.0 Å². The molecule has 0 spiro atoms. The van der Waals surface area contributed by atoms with E-state index in [0.717, 1.165) is 27.0 Å². The Morgan fingerprint density at radius 1 is 1.32 bits per heavy atom. The number of hydrogen-bond acceptors (Lipinski definition) is 7. The summed E-state index contributed by atoms with van der Waals surface area (Å²) >= 11 is 1.60. The van der Waals surface area contributed by atoms with E-state index < -0.39 is 0 Å². The second kappa shape index (κ2) is 6.14. The molecular formula is C17H16N6OS. The Morgan fingerprint density at radius 2 is 2.20 bits per heavy atom. The van der Waals surface area contributed by atoms with Crippen LogP contribution >= 0.6 is 11.3 Å². The van der Waals surface area contributed by atoms with Crippen LogP contribution in [0.15, 0.2) is 33.6 Å². The van der Waals surface area contributed by atoms with Gasteiger partial charge in [0, 0.05) is 18.1 Å². The second-order valence-electron chi connectivity index (χ2n) is 5.71. The summed E-state index contributed by atoms with van der Waals surface area (Å²) in [5.74, 6) is 0.692. The van der Waals surface area contributed by atoms with Gasteiger partial charge in [-0.3, -0.25) is 4.57 Å². The Bertz CT molecular complexity index is 1100. The SMILES string of the molecule is Cc1csc(CNc2nc(C=c3ccc4c(c3)N=CN=4)c(O)n2C)n1. The summed E-state index contributed by atoms with van der Waals surface area (Å²) in [6.45, 7) is 2.53. The van der Waals surface area contributed by atoms with Crippen LogP contribution in [0.1, 0.15) is 16.4 Å². The molecule has 0 fully saturated rings. The van der Waals surface area contributed by atoms with Crippen molar-refractivity contribution in [2.45, 2.75) is 13.5 Å². The van der Waals surface area contributed by atoms with Gasteiger partial charge in [0.05, 0.1) is 17.6 Å². The molecule has 0 bridgehead atoms. The first kappa shape index (κ1) is 15.5. The van der Waals surface area contributed by atoms with E-state index in [1.807, 2.05) is 36.6 Å². The molecular weight excluding hydrogens is 336 g/mol. The van der Waals surface area contributed by atoms with Gasteiger partial charge in [0.25, 0.3) is 0 Å². The molecule has 3 aromatic rings. The Balaban J connectivity index is 1.62. The molecule has 4 rings (SSSR count). The molecule has 3 heterocycles. The summed E-state index contributed by atoms with van der Waals surface area (Å²) in [5.41, 5.74) is 2.32. The summed E-state index contributed by atoms with van der Waals surface area (Å²) in [4.78, 5) is 17.2. The van der Waals surface area contributed by atoms with Crippen LogP contribution < -0.4 is 15.9 Å². The second-order valence-corrected chi connectivity index (χ2v) is 6.65. The average molecular weight is 352 g/mol. The molecule has 8 heteroatoms. The van der Waals surface area contributed by atoms with Crippen LogP contribution in [0.4, 0.5) is 11.6 Å². The predicted molar refractivity (Wildman–Crippen MR) is 98.0 cm³/mol. The van der Waals surface area contributed by atoms with Gasteiger partial charge < -0.3 is 10.4 Å². The molecule has 1 aromatic carbocycles. The molecule has 0 unspecified atom stereocenters. The number of thiazole rings is 1. The van der Waals surface area contributed by atoms with Crippen molar-refractivity contribution in [3.63, 3.8) is 0 Å². The van der Waals surface area contributed by atoms with Crippen molar-refractivity contribution < 1.29 is 5.11 Å². The van der Waals surface area contributed by atoms with Gasteiger partial charge in [0.15, 0.2) is 0 Å². The highest BCUT2D eigenvalue weighted by Gasteiger charge is 2.12. The number of benzene rings is 1. The highest BCUT2D eigenvalue weighted by atomic mass is 32.1. The van der Waals surface area contributed by atoms with Gasteiger partial charge in [0.1, 0.15) is 17.0 Å². The fraction of sp³-hybridized carbons (Fsp3) is 0.176. The van der Waals surface area contributed by atoms with Gasteiger partial charge in [-0.1, -0.05) is 6.07 Å². The van der Waals surface area contributed by atoms with E-state index in [0.29, 0.717) is 18.2 Å². The normalized spacial score (nSPS) is 13.1. The molecule has 25 heavy (non-hydrogen) atoms. The first-order valence-electron chi connectivity index (χ1n) is 7.73. The van der Waals surface area contributed by atoms with Gasteiger partial charge in [-0.25, -0.2) is 20.0 Å². The predicted octanol–water partition coefficient (Wildman–Crippen LogP) is 1.62. The molecule has 0 aliphatic carbocycles. The quantitative estimate of drug-likeness (QED) is 0.747. The average Bonchev–Trinajstić information content (AvgIpc) is 3.29. The van der Waals surface area contributed by atoms with Crippen LogP contribution in [0.5, 0.6) is 5.88 Å². The lowest BCUT2D eigenvalue weighted by Gasteiger charge is -2.03. The molecule has 2 N–H and O–H groups in total. The number of nitrogens with zero attached hydrogens (tertiary/aromatic N) is 5. The summed E-state index contributed by atoms with van der Waals surface area (Å²) in [7, 11) is 1.76. The van der Waals surface area contributed by atoms with Crippen molar-refractivity contribution >= 4 is 35.4 Å². The molecule has 7 nitrogen and oxygen atoms in total. The van der Waals surface area contributed by atoms with E-state index in [1.54, 1.807) is 23.0 Å². The number of nitrogens with one attached hydrogen (secondary N) is 1. The van der Waals surface area contributed by atoms with E-state index >= 15 is 0 Å². The van der Waals surface area contributed by atoms with E-state index in [-0.39, 0.29) is 5.88 Å². The fourth-order valence-electron chi connectivity index (χ4n) is 2.56. The topological polar surface area (TPSA) is 87.7 Å². The molecule has 0 radical (unpaired) electrons. The van der Waals surface area contributed by atoms with E-state index in [2.05, 4.69) is 25.3 Å². The van der Waals surface area contributed by atoms with Crippen LogP contribution in [0.25, 0.3) is 6.08 Å². The van der Waals surface area contributed by atoms with Crippen LogP contribution in [0.2, 0.25) is 0 Å². The largest absolute Gasteiger partial charge is 0.493 e. The molecule has 1 aliphatic heterocycles. The first-order chi connectivity index (χ1) is 12.1. The lowest BCUT2D eigenvalue weighted by Crippen LogP contribution is -2.07. The van der Waals surface area contributed by atoms with Crippen molar-refractivity contribution in [3.05, 3.63) is 50.6 Å². The van der Waals surface area contributed by atoms with E-state index in [9.17, 15) is 5.11 Å². The third-order valence-corrected chi connectivity index (χ3v) is 4.82. The number of aliphatic imine (C=N–C) groups is 1. The van der Waals surface area contributed by atoms with Crippen LogP contribution in [-0.2, 0) is 13.6 Å². The molecule has 0 amide bonds. The van der Waals surface area contributed by atoms with Crippen LogP contribution in [0, 0.1) is 6.92 Å². The highest BCUT2D eigenvalue weighted by Crippen LogP contribution is 2.22. The molecule has 0 saturated heterocycles. The minimum atomic E-state index is 0.103. The minimum Gasteiger partial charge on any atom is -0.493 e. The van der Waals surface area contributed by atoms with Crippen molar-refractivity contribution in [2.75, 3.05) is 5.32 Å². The number of aryl methyl sites for hydroxylation is 1. The zero-order chi connectivity index (χ0) is 17.4. The fourth-order valence-corrected chi connectivity index (χ4v) is 3.27. The Kier molecular flexibility index (Phi) is 3.81. The van der Waals surface area contributed by atoms with Crippen LogP contribution in [-0.4, -0.2) is 26.0 Å². The molecule has 2 aromatic heterocycles. The zero-order valence-corrected chi connectivity index (χ0v) is 14.6. The number of fused-ring (bicyclic) bond motifs is 1. The number of anilines is 1. The minimum absolute atomic E-state index is 0.103. The molecule has 0 saturated carbocycles. The van der Waals surface area contributed by atoms with Crippen LogP contribution in [0.3, 0.4) is 0 Å². The Hall–Kier alpha value is -3.00. The number of imidazole rings is 1. The van der Waals surface area contributed by atoms with Crippen molar-refractivity contribution in [1.29, 1.82) is 0 Å². The van der Waals surface area contributed by atoms with Gasteiger partial charge >= 0.3 is 0 Å². The lowest BCUT2D eigenvalue weighted by molar-refractivity contribution is 0.432. The molecule has 126 valence electrons. The highest BCUT2D eigenvalue weighted by molar-refractivity contribution is 7.09. The number of hydrogen-bond donors (Lipinski definition) is 2. The van der Waals surface area contributed by atoms with E-state index in [1.165, 1.54) is 6.34 Å². The maximum atomic E-state index is 10.3. The third-order valence-electron chi connectivity index (χ3n) is 3.85. The summed E-state index contributed by atoms with van der Waals surface area (Å²) in [5, 5.41) is 18.3. The number of aromatic nitrogens is 3. The lowest BCUT2D eigenvalue weighted by atomic mass is 10.2. The smallest absolute Gasteiger partial charge is 0.220 e. The van der Waals surface area contributed by atoms with Gasteiger partial charge in [0.2, 0.25) is 11.8 Å². The standard InChI is InChI=1S/C17H16N6OS/c1-10-8-25-15(21-10)7-18-17-22-14(16(24)23(17)2)6-11-3-4-12-13(5-11)20-9-19-12/h3-6,8-9,24H,7H2,1-2H3,(H,18,22). The van der Waals surface area contributed by atoms with Gasteiger partial charge in [-0.15, -0.1) is 11.3 Å². The Labute approximate surface area is 147 Å². The first-order valence-corrected chi connectivity index (χ1v) is 8.61. The third kappa shape index (κ3) is 3.03.